The number of nitrogens with one attached hydrogen (secondary N) is 1. The van der Waals surface area contributed by atoms with Gasteiger partial charge in [-0.3, -0.25) is 9.10 Å². The number of carbonyl (C=O) groups excluding carboxylic acids is 1. The molecule has 0 unspecified atom stereocenters. The number of aliphatic hydroxyl groups excluding tert-OH is 1. The zero-order valence-electron chi connectivity index (χ0n) is 17.3. The van der Waals surface area contributed by atoms with E-state index < -0.39 is 21.7 Å². The van der Waals surface area contributed by atoms with E-state index in [4.69, 9.17) is 0 Å². The number of hydrogen-bond acceptors (Lipinski definition) is 5. The molecule has 0 atom stereocenters. The van der Waals surface area contributed by atoms with Crippen LogP contribution >= 0.6 is 0 Å². The predicted molar refractivity (Wildman–Crippen MR) is 118 cm³/mol. The van der Waals surface area contributed by atoms with Crippen LogP contribution in [0.1, 0.15) is 23.0 Å². The summed E-state index contributed by atoms with van der Waals surface area (Å²) in [6.45, 7) is 1.66. The van der Waals surface area contributed by atoms with E-state index in [2.05, 4.69) is 10.4 Å². The number of nitrogens with zero attached hydrogens (tertiary/aromatic N) is 3. The van der Waals surface area contributed by atoms with Gasteiger partial charge in [0, 0.05) is 19.0 Å². The summed E-state index contributed by atoms with van der Waals surface area (Å²) < 4.78 is 40.7. The van der Waals surface area contributed by atoms with E-state index in [1.54, 1.807) is 25.1 Å². The van der Waals surface area contributed by atoms with Crippen molar-refractivity contribution in [1.29, 1.82) is 0 Å². The molecule has 10 heteroatoms. The molecule has 2 N–H and O–H groups in total. The number of carbonyl (C=O) groups is 1. The Morgan fingerprint density at radius 1 is 1.29 bits per heavy atom. The van der Waals surface area contributed by atoms with Gasteiger partial charge in [-0.1, -0.05) is 12.2 Å². The molecule has 0 fully saturated rings. The van der Waals surface area contributed by atoms with E-state index in [0.717, 1.165) is 6.26 Å². The lowest BCUT2D eigenvalue weighted by Gasteiger charge is -2.22. The number of aliphatic hydroxyl groups is 1. The van der Waals surface area contributed by atoms with Gasteiger partial charge < -0.3 is 10.4 Å². The molecule has 0 radical (unpaired) electrons. The van der Waals surface area contributed by atoms with Crippen LogP contribution in [0.4, 0.5) is 10.1 Å². The van der Waals surface area contributed by atoms with Gasteiger partial charge in [-0.2, -0.15) is 5.10 Å². The molecule has 0 aliphatic rings. The van der Waals surface area contributed by atoms with Crippen molar-refractivity contribution in [1.82, 2.24) is 15.1 Å². The molecule has 0 spiro atoms. The zero-order valence-corrected chi connectivity index (χ0v) is 18.1. The first-order valence-corrected chi connectivity index (χ1v) is 11.4. The molecule has 1 heterocycles. The van der Waals surface area contributed by atoms with Crippen LogP contribution in [0.2, 0.25) is 0 Å². The SMILES string of the molecule is CCN(c1cc2nn(-c3ccc(F)cc3)c(C(=O)NC)c2cc1C=CCO)S(C)(=O)=O. The van der Waals surface area contributed by atoms with Crippen molar-refractivity contribution >= 4 is 38.6 Å². The number of rotatable bonds is 7. The van der Waals surface area contributed by atoms with Crippen molar-refractivity contribution < 1.29 is 22.7 Å². The lowest BCUT2D eigenvalue weighted by atomic mass is 10.1. The van der Waals surface area contributed by atoms with Crippen LogP contribution in [0.3, 0.4) is 0 Å². The Morgan fingerprint density at radius 3 is 2.52 bits per heavy atom. The first kappa shape index (κ1) is 22.4. The minimum atomic E-state index is -3.58. The van der Waals surface area contributed by atoms with Crippen LogP contribution in [0.15, 0.2) is 42.5 Å². The first-order valence-electron chi connectivity index (χ1n) is 9.51. The summed E-state index contributed by atoms with van der Waals surface area (Å²) in [7, 11) is -2.10. The van der Waals surface area contributed by atoms with E-state index in [9.17, 15) is 22.7 Å². The van der Waals surface area contributed by atoms with Gasteiger partial charge in [-0.05, 0) is 48.9 Å². The monoisotopic (exact) mass is 446 g/mol. The van der Waals surface area contributed by atoms with E-state index in [-0.39, 0.29) is 18.8 Å². The standard InChI is InChI=1S/C21H23FN4O4S/c1-4-25(31(3,29)30)19-13-18-17(12-14(19)6-5-11-27)20(21(28)23-2)26(24-18)16-9-7-15(22)8-10-16/h5-10,12-13,27H,4,11H2,1-3H3,(H,23,28). The Morgan fingerprint density at radius 2 is 1.97 bits per heavy atom. The molecule has 1 aromatic heterocycles. The van der Waals surface area contributed by atoms with Crippen LogP contribution in [-0.4, -0.2) is 55.7 Å². The lowest BCUT2D eigenvalue weighted by molar-refractivity contribution is 0.0957. The fourth-order valence-corrected chi connectivity index (χ4v) is 4.34. The highest BCUT2D eigenvalue weighted by Gasteiger charge is 2.24. The van der Waals surface area contributed by atoms with E-state index in [1.165, 1.54) is 46.4 Å². The van der Waals surface area contributed by atoms with Gasteiger partial charge in [0.15, 0.2) is 0 Å². The Balaban J connectivity index is 2.37. The molecule has 164 valence electrons. The lowest BCUT2D eigenvalue weighted by Crippen LogP contribution is -2.30. The second-order valence-corrected chi connectivity index (χ2v) is 8.66. The van der Waals surface area contributed by atoms with Gasteiger partial charge in [0.1, 0.15) is 11.5 Å². The average molecular weight is 447 g/mol. The predicted octanol–water partition coefficient (Wildman–Crippen LogP) is 2.32. The maximum atomic E-state index is 13.4. The molecular weight excluding hydrogens is 423 g/mol. The van der Waals surface area contributed by atoms with Crippen LogP contribution in [0.5, 0.6) is 0 Å². The summed E-state index contributed by atoms with van der Waals surface area (Å²) in [5, 5.41) is 16.8. The van der Waals surface area contributed by atoms with Gasteiger partial charge in [0.05, 0.1) is 29.8 Å². The molecule has 3 aromatic rings. The second-order valence-electron chi connectivity index (χ2n) is 6.76. The first-order chi connectivity index (χ1) is 14.7. The van der Waals surface area contributed by atoms with Crippen molar-refractivity contribution in [2.24, 2.45) is 0 Å². The van der Waals surface area contributed by atoms with Crippen molar-refractivity contribution in [3.63, 3.8) is 0 Å². The summed E-state index contributed by atoms with van der Waals surface area (Å²) in [4.78, 5) is 12.7. The Kier molecular flexibility index (Phi) is 6.42. The molecule has 0 aliphatic carbocycles. The average Bonchev–Trinajstić information content (AvgIpc) is 3.09. The number of anilines is 1. The summed E-state index contributed by atoms with van der Waals surface area (Å²) in [5.74, 6) is -0.834. The minimum absolute atomic E-state index is 0.186. The summed E-state index contributed by atoms with van der Waals surface area (Å²) in [6.07, 6.45) is 4.17. The molecular formula is C21H23FN4O4S. The van der Waals surface area contributed by atoms with E-state index in [0.29, 0.717) is 27.8 Å². The Labute approximate surface area is 179 Å². The molecule has 0 aliphatic heterocycles. The second kappa shape index (κ2) is 8.86. The number of halogens is 1. The molecule has 0 saturated heterocycles. The molecule has 2 aromatic carbocycles. The third kappa shape index (κ3) is 4.44. The molecule has 0 saturated carbocycles. The number of sulfonamides is 1. The smallest absolute Gasteiger partial charge is 0.270 e. The Hall–Kier alpha value is -3.24. The van der Waals surface area contributed by atoms with Crippen LogP contribution in [-0.2, 0) is 10.0 Å². The van der Waals surface area contributed by atoms with Gasteiger partial charge in [-0.15, -0.1) is 0 Å². The number of amides is 1. The zero-order chi connectivity index (χ0) is 22.8. The molecule has 8 nitrogen and oxygen atoms in total. The Bertz CT molecular complexity index is 1250. The number of benzene rings is 2. The summed E-state index contributed by atoms with van der Waals surface area (Å²) >= 11 is 0. The van der Waals surface area contributed by atoms with Crippen molar-refractivity contribution in [2.45, 2.75) is 6.92 Å². The quantitative estimate of drug-likeness (QED) is 0.580. The fraction of sp³-hybridized carbons (Fsp3) is 0.238. The normalized spacial score (nSPS) is 11.9. The third-order valence-electron chi connectivity index (χ3n) is 4.69. The highest BCUT2D eigenvalue weighted by molar-refractivity contribution is 7.92. The van der Waals surface area contributed by atoms with Crippen molar-refractivity contribution in [3.05, 3.63) is 59.5 Å². The topological polar surface area (TPSA) is 105 Å². The number of fused-ring (bicyclic) bond motifs is 1. The highest BCUT2D eigenvalue weighted by Crippen LogP contribution is 2.32. The van der Waals surface area contributed by atoms with Crippen LogP contribution < -0.4 is 9.62 Å². The van der Waals surface area contributed by atoms with Gasteiger partial charge >= 0.3 is 0 Å². The number of hydrogen-bond donors (Lipinski definition) is 2. The minimum Gasteiger partial charge on any atom is -0.392 e. The fourth-order valence-electron chi connectivity index (χ4n) is 3.36. The van der Waals surface area contributed by atoms with Crippen molar-refractivity contribution in [3.8, 4) is 5.69 Å². The van der Waals surface area contributed by atoms with Gasteiger partial charge in [0.25, 0.3) is 5.91 Å². The van der Waals surface area contributed by atoms with E-state index in [1.807, 2.05) is 0 Å². The highest BCUT2D eigenvalue weighted by atomic mass is 32.2. The van der Waals surface area contributed by atoms with Gasteiger partial charge in [0.2, 0.25) is 10.0 Å². The molecule has 31 heavy (non-hydrogen) atoms. The third-order valence-corrected chi connectivity index (χ3v) is 5.95. The summed E-state index contributed by atoms with van der Waals surface area (Å²) in [6, 6.07) is 8.76. The van der Waals surface area contributed by atoms with Crippen LogP contribution in [0, 0.1) is 5.82 Å². The summed E-state index contributed by atoms with van der Waals surface area (Å²) in [5.41, 5.74) is 1.95. The maximum Gasteiger partial charge on any atom is 0.270 e. The van der Waals surface area contributed by atoms with Crippen molar-refractivity contribution in [2.75, 3.05) is 30.8 Å². The largest absolute Gasteiger partial charge is 0.392 e. The van der Waals surface area contributed by atoms with Gasteiger partial charge in [-0.25, -0.2) is 17.5 Å². The van der Waals surface area contributed by atoms with Crippen LogP contribution in [0.25, 0.3) is 22.7 Å². The van der Waals surface area contributed by atoms with E-state index >= 15 is 0 Å². The maximum absolute atomic E-state index is 13.4. The molecule has 1 amide bonds. The number of aromatic nitrogens is 2. The molecule has 3 rings (SSSR count). The molecule has 0 bridgehead atoms.